The van der Waals surface area contributed by atoms with E-state index < -0.39 is 30.7 Å². The van der Waals surface area contributed by atoms with Gasteiger partial charge in [-0.25, -0.2) is 0 Å². The molecule has 3 aromatic rings. The monoisotopic (exact) mass is 450 g/mol. The fourth-order valence-electron chi connectivity index (χ4n) is 3.84. The van der Waals surface area contributed by atoms with Crippen LogP contribution in [0.5, 0.6) is 0 Å². The zero-order chi connectivity index (χ0) is 22.9. The molecule has 0 spiro atoms. The molecular formula is C27H30O6. The van der Waals surface area contributed by atoms with Crippen LogP contribution in [0, 0.1) is 0 Å². The normalized spacial score (nSPS) is 25.1. The van der Waals surface area contributed by atoms with Gasteiger partial charge in [0.25, 0.3) is 0 Å². The fourth-order valence-corrected chi connectivity index (χ4v) is 3.84. The molecule has 174 valence electrons. The Kier molecular flexibility index (Phi) is 8.60. The molecule has 0 aromatic heterocycles. The lowest BCUT2D eigenvalue weighted by molar-refractivity contribution is -0.307. The Bertz CT molecular complexity index is 937. The van der Waals surface area contributed by atoms with Crippen molar-refractivity contribution in [3.8, 4) is 0 Å². The topological polar surface area (TPSA) is 77.4 Å². The Hall–Kier alpha value is -2.58. The number of hydrogen-bond donors (Lipinski definition) is 2. The summed E-state index contributed by atoms with van der Waals surface area (Å²) >= 11 is 0. The highest BCUT2D eigenvalue weighted by atomic mass is 16.7. The van der Waals surface area contributed by atoms with Crippen LogP contribution in [0.3, 0.4) is 0 Å². The molecule has 0 saturated carbocycles. The van der Waals surface area contributed by atoms with Crippen molar-refractivity contribution in [2.45, 2.75) is 50.5 Å². The first-order valence-electron chi connectivity index (χ1n) is 11.1. The largest absolute Gasteiger partial charge is 0.385 e. The maximum atomic E-state index is 10.7. The zero-order valence-corrected chi connectivity index (χ0v) is 18.4. The first kappa shape index (κ1) is 23.6. The van der Waals surface area contributed by atoms with Gasteiger partial charge in [0.2, 0.25) is 0 Å². The third-order valence-corrected chi connectivity index (χ3v) is 5.60. The van der Waals surface area contributed by atoms with E-state index in [0.29, 0.717) is 13.2 Å². The van der Waals surface area contributed by atoms with Gasteiger partial charge in [-0.2, -0.15) is 0 Å². The lowest BCUT2D eigenvalue weighted by Gasteiger charge is -2.42. The lowest BCUT2D eigenvalue weighted by atomic mass is 9.98. The highest BCUT2D eigenvalue weighted by Crippen LogP contribution is 2.27. The van der Waals surface area contributed by atoms with E-state index in [1.807, 2.05) is 91.0 Å². The average Bonchev–Trinajstić information content (AvgIpc) is 2.86. The molecule has 1 heterocycles. The van der Waals surface area contributed by atoms with Crippen LogP contribution in [-0.2, 0) is 38.8 Å². The van der Waals surface area contributed by atoms with Gasteiger partial charge in [-0.15, -0.1) is 0 Å². The van der Waals surface area contributed by atoms with Crippen LogP contribution in [0.2, 0.25) is 0 Å². The van der Waals surface area contributed by atoms with Gasteiger partial charge in [0, 0.05) is 0 Å². The van der Waals surface area contributed by atoms with E-state index >= 15 is 0 Å². The molecule has 1 fully saturated rings. The van der Waals surface area contributed by atoms with Crippen molar-refractivity contribution < 1.29 is 29.2 Å². The van der Waals surface area contributed by atoms with Crippen LogP contribution in [-0.4, -0.2) is 47.5 Å². The average molecular weight is 451 g/mol. The lowest BCUT2D eigenvalue weighted by Crippen LogP contribution is -2.60. The van der Waals surface area contributed by atoms with Crippen molar-refractivity contribution in [2.75, 3.05) is 6.61 Å². The van der Waals surface area contributed by atoms with Gasteiger partial charge in [0.15, 0.2) is 6.29 Å². The van der Waals surface area contributed by atoms with E-state index in [-0.39, 0.29) is 13.2 Å². The van der Waals surface area contributed by atoms with Gasteiger partial charge in [0.05, 0.1) is 26.4 Å². The number of ether oxygens (including phenoxy) is 4. The van der Waals surface area contributed by atoms with Gasteiger partial charge in [-0.05, 0) is 16.7 Å². The second-order valence-electron chi connectivity index (χ2n) is 8.08. The second kappa shape index (κ2) is 12.0. The Morgan fingerprint density at radius 1 is 0.606 bits per heavy atom. The SMILES string of the molecule is OC1O[C@H](COCc2ccccc2)[C@@H](OCc2ccccc2)[C@H](OCc2ccccc2)[C@H]1O. The summed E-state index contributed by atoms with van der Waals surface area (Å²) in [5.41, 5.74) is 2.99. The predicted octanol–water partition coefficient (Wildman–Crippen LogP) is 3.45. The van der Waals surface area contributed by atoms with Crippen molar-refractivity contribution in [3.05, 3.63) is 108 Å². The van der Waals surface area contributed by atoms with Gasteiger partial charge >= 0.3 is 0 Å². The second-order valence-corrected chi connectivity index (χ2v) is 8.08. The maximum absolute atomic E-state index is 10.7. The summed E-state index contributed by atoms with van der Waals surface area (Å²) in [4.78, 5) is 0. The zero-order valence-electron chi connectivity index (χ0n) is 18.4. The molecule has 1 aliphatic rings. The molecular weight excluding hydrogens is 420 g/mol. The molecule has 0 aliphatic carbocycles. The summed E-state index contributed by atoms with van der Waals surface area (Å²) in [6.07, 6.45) is -4.68. The van der Waals surface area contributed by atoms with Crippen molar-refractivity contribution in [2.24, 2.45) is 0 Å². The van der Waals surface area contributed by atoms with Gasteiger partial charge in [0.1, 0.15) is 24.4 Å². The Balaban J connectivity index is 1.46. The van der Waals surface area contributed by atoms with Gasteiger partial charge < -0.3 is 29.2 Å². The smallest absolute Gasteiger partial charge is 0.184 e. The van der Waals surface area contributed by atoms with Crippen LogP contribution in [0.4, 0.5) is 0 Å². The fraction of sp³-hybridized carbons (Fsp3) is 0.333. The number of aliphatic hydroxyl groups is 2. The molecule has 6 heteroatoms. The summed E-state index contributed by atoms with van der Waals surface area (Å²) in [5.74, 6) is 0. The molecule has 2 N–H and O–H groups in total. The predicted molar refractivity (Wildman–Crippen MR) is 123 cm³/mol. The summed E-state index contributed by atoms with van der Waals surface area (Å²) < 4.78 is 23.9. The Labute approximate surface area is 194 Å². The summed E-state index contributed by atoms with van der Waals surface area (Å²) in [5, 5.41) is 21.1. The molecule has 1 aliphatic heterocycles. The number of aliphatic hydroxyl groups excluding tert-OH is 2. The molecule has 5 atom stereocenters. The quantitative estimate of drug-likeness (QED) is 0.493. The minimum absolute atomic E-state index is 0.184. The molecule has 4 rings (SSSR count). The molecule has 3 aromatic carbocycles. The van der Waals surface area contributed by atoms with Crippen LogP contribution in [0.1, 0.15) is 16.7 Å². The van der Waals surface area contributed by atoms with E-state index in [4.69, 9.17) is 18.9 Å². The number of hydrogen-bond acceptors (Lipinski definition) is 6. The number of rotatable bonds is 10. The highest BCUT2D eigenvalue weighted by Gasteiger charge is 2.46. The first-order chi connectivity index (χ1) is 16.2. The van der Waals surface area contributed by atoms with Gasteiger partial charge in [-0.3, -0.25) is 0 Å². The van der Waals surface area contributed by atoms with Crippen molar-refractivity contribution >= 4 is 0 Å². The molecule has 33 heavy (non-hydrogen) atoms. The third kappa shape index (κ3) is 6.71. The summed E-state index contributed by atoms with van der Waals surface area (Å²) in [6, 6.07) is 29.3. The Morgan fingerprint density at radius 3 is 1.58 bits per heavy atom. The van der Waals surface area contributed by atoms with Crippen molar-refractivity contribution in [3.63, 3.8) is 0 Å². The minimum atomic E-state index is -1.40. The minimum Gasteiger partial charge on any atom is -0.385 e. The summed E-state index contributed by atoms with van der Waals surface area (Å²) in [6.45, 7) is 1.18. The first-order valence-corrected chi connectivity index (χ1v) is 11.1. The van der Waals surface area contributed by atoms with E-state index in [9.17, 15) is 10.2 Å². The highest BCUT2D eigenvalue weighted by molar-refractivity contribution is 5.15. The van der Waals surface area contributed by atoms with E-state index in [1.165, 1.54) is 0 Å². The van der Waals surface area contributed by atoms with E-state index in [0.717, 1.165) is 16.7 Å². The Morgan fingerprint density at radius 2 is 1.06 bits per heavy atom. The van der Waals surface area contributed by atoms with E-state index in [2.05, 4.69) is 0 Å². The molecule has 1 saturated heterocycles. The molecule has 1 unspecified atom stereocenters. The molecule has 0 amide bonds. The molecule has 0 radical (unpaired) electrons. The molecule has 0 bridgehead atoms. The maximum Gasteiger partial charge on any atom is 0.184 e. The standard InChI is InChI=1S/C27H30O6/c28-24-26(32-18-22-14-8-3-9-15-22)25(31-17-21-12-6-2-7-13-21)23(33-27(24)29)19-30-16-20-10-4-1-5-11-20/h1-15,23-29H,16-19H2/t23-,24-,25-,26-,27?/m1/s1. The third-order valence-electron chi connectivity index (χ3n) is 5.60. The molecule has 6 nitrogen and oxygen atoms in total. The van der Waals surface area contributed by atoms with Crippen molar-refractivity contribution in [1.82, 2.24) is 0 Å². The van der Waals surface area contributed by atoms with Crippen LogP contribution >= 0.6 is 0 Å². The summed E-state index contributed by atoms with van der Waals surface area (Å²) in [7, 11) is 0. The van der Waals surface area contributed by atoms with E-state index in [1.54, 1.807) is 0 Å². The van der Waals surface area contributed by atoms with Crippen LogP contribution in [0.25, 0.3) is 0 Å². The number of benzene rings is 3. The van der Waals surface area contributed by atoms with Crippen LogP contribution < -0.4 is 0 Å². The van der Waals surface area contributed by atoms with Gasteiger partial charge in [-0.1, -0.05) is 91.0 Å². The van der Waals surface area contributed by atoms with Crippen LogP contribution in [0.15, 0.2) is 91.0 Å². The van der Waals surface area contributed by atoms with Crippen molar-refractivity contribution in [1.29, 1.82) is 0 Å².